The van der Waals surface area contributed by atoms with Crippen LogP contribution in [0.3, 0.4) is 0 Å². The van der Waals surface area contributed by atoms with Gasteiger partial charge in [0.25, 0.3) is 0 Å². The Morgan fingerprint density at radius 2 is 1.25 bits per heavy atom. The Bertz CT molecular complexity index is 152. The summed E-state index contributed by atoms with van der Waals surface area (Å²) in [6.07, 6.45) is 2.67. The first-order valence-corrected chi connectivity index (χ1v) is 2.33. The number of rotatable bonds is 0. The molecule has 0 aliphatic rings. The summed E-state index contributed by atoms with van der Waals surface area (Å²) in [6, 6.07) is 0. The van der Waals surface area contributed by atoms with Crippen LogP contribution < -0.4 is 6.15 Å². The van der Waals surface area contributed by atoms with Crippen molar-refractivity contribution in [1.29, 1.82) is 0 Å². The average molecular weight is 221 g/mol. The molecule has 1 radical (unpaired) electrons. The van der Waals surface area contributed by atoms with Crippen LogP contribution in [0.25, 0.3) is 0 Å². The van der Waals surface area contributed by atoms with Gasteiger partial charge in [-0.3, -0.25) is 0 Å². The van der Waals surface area contributed by atoms with Crippen molar-refractivity contribution in [1.82, 2.24) is 47.4 Å². The van der Waals surface area contributed by atoms with E-state index in [1.807, 2.05) is 0 Å². The van der Waals surface area contributed by atoms with E-state index in [0.29, 0.717) is 0 Å². The fraction of sp³-hybridized carbons (Fsp3) is 0. The van der Waals surface area contributed by atoms with E-state index in [0.717, 1.165) is 0 Å². The number of nitrogens with zero attached hydrogens (tertiary/aromatic N) is 6. The molecule has 2 rings (SSSR count). The van der Waals surface area contributed by atoms with Gasteiger partial charge < -0.3 is 6.15 Å². The van der Waals surface area contributed by atoms with Crippen molar-refractivity contribution >= 4 is 0 Å². The number of aromatic amines is 2. The van der Waals surface area contributed by atoms with Crippen LogP contribution >= 0.6 is 0 Å². The molecule has 2 aromatic heterocycles. The first kappa shape index (κ1) is 13.2. The Balaban J connectivity index is 0. The van der Waals surface area contributed by atoms with Gasteiger partial charge in [0.2, 0.25) is 0 Å². The molecular formula is C2H7CuN9. The van der Waals surface area contributed by atoms with Crippen LogP contribution in [0.5, 0.6) is 0 Å². The van der Waals surface area contributed by atoms with E-state index in [9.17, 15) is 0 Å². The summed E-state index contributed by atoms with van der Waals surface area (Å²) in [4.78, 5) is 0. The summed E-state index contributed by atoms with van der Waals surface area (Å²) in [6.45, 7) is 0. The molecule has 0 aliphatic carbocycles. The van der Waals surface area contributed by atoms with Crippen molar-refractivity contribution in [2.75, 3.05) is 0 Å². The van der Waals surface area contributed by atoms with Crippen LogP contribution in [-0.2, 0) is 17.1 Å². The number of hydrogen-bond donors (Lipinski definition) is 3. The number of H-pyrrole nitrogens is 2. The summed E-state index contributed by atoms with van der Waals surface area (Å²) < 4.78 is 0. The second kappa shape index (κ2) is 9.62. The number of hydrogen-bond acceptors (Lipinski definition) is 7. The zero-order valence-corrected chi connectivity index (χ0v) is 6.79. The van der Waals surface area contributed by atoms with E-state index >= 15 is 0 Å². The molecule has 0 aromatic carbocycles. The monoisotopic (exact) mass is 220 g/mol. The maximum absolute atomic E-state index is 3.38. The van der Waals surface area contributed by atoms with Crippen LogP contribution in [0.15, 0.2) is 12.7 Å². The fourth-order valence-electron chi connectivity index (χ4n) is 0.258. The Kier molecular flexibility index (Phi) is 10.6. The van der Waals surface area contributed by atoms with Gasteiger partial charge in [-0.1, -0.05) is 10.4 Å². The van der Waals surface area contributed by atoms with Crippen LogP contribution in [0, 0.1) is 0 Å². The summed E-state index contributed by atoms with van der Waals surface area (Å²) in [5.74, 6) is 0. The van der Waals surface area contributed by atoms with E-state index in [2.05, 4.69) is 41.2 Å². The van der Waals surface area contributed by atoms with Crippen molar-refractivity contribution in [3.63, 3.8) is 0 Å². The minimum Gasteiger partial charge on any atom is -0.344 e. The largest absolute Gasteiger partial charge is 0.344 e. The molecule has 0 amide bonds. The topological polar surface area (TPSA) is 144 Å². The fourth-order valence-corrected chi connectivity index (χ4v) is 0.258. The minimum absolute atomic E-state index is 0. The van der Waals surface area contributed by atoms with Crippen molar-refractivity contribution < 1.29 is 17.1 Å². The molecule has 0 atom stereocenters. The predicted octanol–water partition coefficient (Wildman–Crippen LogP) is -1.44. The Morgan fingerprint density at radius 3 is 1.33 bits per heavy atom. The van der Waals surface area contributed by atoms with Gasteiger partial charge in [-0.05, 0) is 0 Å². The zero-order chi connectivity index (χ0) is 7.07. The standard InChI is InChI=1S/2CH2N4.Cu.H3N/c2*1-2-4-5-3-1;;/h2*1H,(H,2,3,4,5);;1H3. The van der Waals surface area contributed by atoms with Gasteiger partial charge in [0.05, 0.1) is 0 Å². The molecule has 71 valence electrons. The number of nitrogens with one attached hydrogen (secondary N) is 2. The minimum atomic E-state index is 0. The molecule has 5 N–H and O–H groups in total. The van der Waals surface area contributed by atoms with Gasteiger partial charge in [-0.2, -0.15) is 10.4 Å². The van der Waals surface area contributed by atoms with E-state index in [4.69, 9.17) is 0 Å². The maximum Gasteiger partial charge on any atom is 0.161 e. The smallest absolute Gasteiger partial charge is 0.161 e. The molecule has 0 fully saturated rings. The average Bonchev–Trinajstić information content (AvgIpc) is 2.67. The van der Waals surface area contributed by atoms with Crippen LogP contribution in [-0.4, -0.2) is 41.2 Å². The summed E-state index contributed by atoms with van der Waals surface area (Å²) in [7, 11) is 0. The molecule has 0 saturated heterocycles. The quantitative estimate of drug-likeness (QED) is 0.461. The molecular weight excluding hydrogens is 214 g/mol. The predicted molar refractivity (Wildman–Crippen MR) is 33.4 cm³/mol. The van der Waals surface area contributed by atoms with Crippen LogP contribution in [0.4, 0.5) is 0 Å². The molecule has 0 aliphatic heterocycles. The molecule has 0 saturated carbocycles. The van der Waals surface area contributed by atoms with Crippen molar-refractivity contribution in [3.05, 3.63) is 12.7 Å². The van der Waals surface area contributed by atoms with Crippen LogP contribution in [0.1, 0.15) is 0 Å². The molecule has 2 heterocycles. The van der Waals surface area contributed by atoms with Crippen molar-refractivity contribution in [2.24, 2.45) is 0 Å². The van der Waals surface area contributed by atoms with Crippen LogP contribution in [0.2, 0.25) is 0 Å². The molecule has 0 unspecified atom stereocenters. The van der Waals surface area contributed by atoms with Gasteiger partial charge >= 0.3 is 0 Å². The molecule has 0 bridgehead atoms. The normalized spacial score (nSPS) is 6.67. The van der Waals surface area contributed by atoms with Gasteiger partial charge in [0, 0.05) is 17.1 Å². The van der Waals surface area contributed by atoms with Gasteiger partial charge in [0.15, 0.2) is 12.7 Å². The SMILES string of the molecule is N.[Cu].c1nn[nH]n1.c1nn[nH]n1. The first-order chi connectivity index (χ1) is 5.00. The number of tetrazole rings is 2. The van der Waals surface area contributed by atoms with Gasteiger partial charge in [0.1, 0.15) is 0 Å². The van der Waals surface area contributed by atoms with E-state index in [-0.39, 0.29) is 23.2 Å². The summed E-state index contributed by atoms with van der Waals surface area (Å²) >= 11 is 0. The Morgan fingerprint density at radius 1 is 0.833 bits per heavy atom. The second-order valence-electron chi connectivity index (χ2n) is 1.12. The first-order valence-electron chi connectivity index (χ1n) is 2.33. The van der Waals surface area contributed by atoms with E-state index < -0.39 is 0 Å². The summed E-state index contributed by atoms with van der Waals surface area (Å²) in [5.41, 5.74) is 0. The third-order valence-electron chi connectivity index (χ3n) is 0.539. The zero-order valence-electron chi connectivity index (χ0n) is 5.85. The molecule has 10 heteroatoms. The van der Waals surface area contributed by atoms with Crippen molar-refractivity contribution in [2.45, 2.75) is 0 Å². The molecule has 12 heavy (non-hydrogen) atoms. The molecule has 0 spiro atoms. The van der Waals surface area contributed by atoms with Crippen molar-refractivity contribution in [3.8, 4) is 0 Å². The maximum atomic E-state index is 3.38. The van der Waals surface area contributed by atoms with E-state index in [1.54, 1.807) is 0 Å². The third kappa shape index (κ3) is 6.74. The van der Waals surface area contributed by atoms with Gasteiger partial charge in [-0.25, -0.2) is 0 Å². The Hall–Kier alpha value is -1.38. The number of aromatic nitrogens is 8. The van der Waals surface area contributed by atoms with Gasteiger partial charge in [-0.15, -0.1) is 20.4 Å². The molecule has 9 nitrogen and oxygen atoms in total. The summed E-state index contributed by atoms with van der Waals surface area (Å²) in [5, 5.41) is 24.3. The van der Waals surface area contributed by atoms with E-state index in [1.165, 1.54) is 12.7 Å². The third-order valence-corrected chi connectivity index (χ3v) is 0.539. The molecule has 2 aromatic rings. The Labute approximate surface area is 77.8 Å². The second-order valence-corrected chi connectivity index (χ2v) is 1.12.